The van der Waals surface area contributed by atoms with Gasteiger partial charge in [-0.05, 0) is 11.6 Å². The molecule has 0 amide bonds. The third-order valence-electron chi connectivity index (χ3n) is 3.31. The quantitative estimate of drug-likeness (QED) is 0.901. The summed E-state index contributed by atoms with van der Waals surface area (Å²) in [6.45, 7) is 4.14. The lowest BCUT2D eigenvalue weighted by atomic mass is 9.85. The Hall–Kier alpha value is -1.87. The normalized spacial score (nSPS) is 11.4. The van der Waals surface area contributed by atoms with Crippen LogP contribution in [-0.4, -0.2) is 11.7 Å². The van der Waals surface area contributed by atoms with Crippen LogP contribution in [0.2, 0.25) is 0 Å². The van der Waals surface area contributed by atoms with Crippen molar-refractivity contribution in [2.45, 2.75) is 25.9 Å². The summed E-state index contributed by atoms with van der Waals surface area (Å²) in [6.07, 6.45) is 0. The molecule has 2 nitrogen and oxygen atoms in total. The number of benzene rings is 2. The lowest BCUT2D eigenvalue weighted by Crippen LogP contribution is -2.23. The summed E-state index contributed by atoms with van der Waals surface area (Å²) in [7, 11) is 0. The number of aliphatic hydroxyl groups is 1. The third kappa shape index (κ3) is 3.36. The molecule has 0 aliphatic carbocycles. The Morgan fingerprint density at radius 1 is 1.10 bits per heavy atom. The molecule has 0 radical (unpaired) electrons. The fourth-order valence-corrected chi connectivity index (χ4v) is 2.00. The van der Waals surface area contributed by atoms with Crippen molar-refractivity contribution < 1.29 is 14.2 Å². The van der Waals surface area contributed by atoms with Crippen LogP contribution in [0.15, 0.2) is 48.5 Å². The van der Waals surface area contributed by atoms with Crippen LogP contribution in [0.3, 0.4) is 0 Å². The molecule has 0 bridgehead atoms. The molecule has 0 aliphatic rings. The topological polar surface area (TPSA) is 29.5 Å². The minimum absolute atomic E-state index is 0.0275. The van der Waals surface area contributed by atoms with Crippen molar-refractivity contribution >= 4 is 0 Å². The van der Waals surface area contributed by atoms with E-state index in [0.29, 0.717) is 12.4 Å². The molecule has 20 heavy (non-hydrogen) atoms. The Labute approximate surface area is 118 Å². The molecular weight excluding hydrogens is 255 g/mol. The van der Waals surface area contributed by atoms with Crippen molar-refractivity contribution in [3.8, 4) is 5.75 Å². The lowest BCUT2D eigenvalue weighted by Gasteiger charge is -2.25. The van der Waals surface area contributed by atoms with Gasteiger partial charge in [0, 0.05) is 17.0 Å². The maximum absolute atomic E-state index is 13.4. The zero-order valence-corrected chi connectivity index (χ0v) is 11.8. The van der Waals surface area contributed by atoms with Gasteiger partial charge in [0.05, 0.1) is 6.61 Å². The first-order valence-corrected chi connectivity index (χ1v) is 6.60. The molecule has 0 heterocycles. The van der Waals surface area contributed by atoms with Gasteiger partial charge in [-0.15, -0.1) is 0 Å². The van der Waals surface area contributed by atoms with Crippen LogP contribution < -0.4 is 4.74 Å². The lowest BCUT2D eigenvalue weighted by molar-refractivity contribution is 0.210. The number of hydrogen-bond acceptors (Lipinski definition) is 2. The molecule has 3 heteroatoms. The van der Waals surface area contributed by atoms with E-state index >= 15 is 0 Å². The predicted octanol–water partition coefficient (Wildman–Crippen LogP) is 3.67. The van der Waals surface area contributed by atoms with Crippen LogP contribution >= 0.6 is 0 Å². The van der Waals surface area contributed by atoms with E-state index in [-0.39, 0.29) is 12.4 Å². The molecule has 0 spiro atoms. The number of ether oxygens (including phenoxy) is 1. The van der Waals surface area contributed by atoms with Crippen molar-refractivity contribution in [2.24, 2.45) is 0 Å². The second kappa shape index (κ2) is 6.06. The number of hydrogen-bond donors (Lipinski definition) is 1. The summed E-state index contributed by atoms with van der Waals surface area (Å²) in [5, 5.41) is 9.48. The fourth-order valence-electron chi connectivity index (χ4n) is 2.00. The van der Waals surface area contributed by atoms with Crippen molar-refractivity contribution in [3.63, 3.8) is 0 Å². The molecular formula is C17H19FO2. The Bertz CT molecular complexity index is 564. The summed E-state index contributed by atoms with van der Waals surface area (Å²) in [5.41, 5.74) is 1.35. The fraction of sp³-hybridized carbons (Fsp3) is 0.294. The van der Waals surface area contributed by atoms with Crippen LogP contribution in [0.4, 0.5) is 4.39 Å². The van der Waals surface area contributed by atoms with Crippen molar-refractivity contribution in [2.75, 3.05) is 6.61 Å². The molecule has 2 aromatic carbocycles. The summed E-state index contributed by atoms with van der Waals surface area (Å²) in [5.74, 6) is 0.137. The minimum atomic E-state index is -0.472. The standard InChI is InChI=1S/C17H19FO2/c1-17(2,12-19)15-9-8-14(18)10-16(15)20-11-13-6-4-3-5-7-13/h3-10,19H,11-12H2,1-2H3. The van der Waals surface area contributed by atoms with Crippen LogP contribution in [0, 0.1) is 5.82 Å². The molecule has 0 unspecified atom stereocenters. The van der Waals surface area contributed by atoms with E-state index in [1.54, 1.807) is 6.07 Å². The van der Waals surface area contributed by atoms with Crippen LogP contribution in [0.5, 0.6) is 5.75 Å². The van der Waals surface area contributed by atoms with Gasteiger partial charge in [0.1, 0.15) is 18.2 Å². The van der Waals surface area contributed by atoms with Gasteiger partial charge >= 0.3 is 0 Å². The number of rotatable bonds is 5. The van der Waals surface area contributed by atoms with Crippen molar-refractivity contribution in [1.82, 2.24) is 0 Å². The number of halogens is 1. The Morgan fingerprint density at radius 2 is 1.80 bits per heavy atom. The Kier molecular flexibility index (Phi) is 4.40. The molecule has 0 aliphatic heterocycles. The second-order valence-corrected chi connectivity index (χ2v) is 5.46. The first-order valence-electron chi connectivity index (χ1n) is 6.60. The monoisotopic (exact) mass is 274 g/mol. The molecule has 0 saturated heterocycles. The SMILES string of the molecule is CC(C)(CO)c1ccc(F)cc1OCc1ccccc1. The van der Waals surface area contributed by atoms with Gasteiger partial charge in [0.2, 0.25) is 0 Å². The summed E-state index contributed by atoms with van der Waals surface area (Å²) in [6, 6.07) is 14.1. The molecule has 2 aromatic rings. The van der Waals surface area contributed by atoms with Crippen LogP contribution in [0.1, 0.15) is 25.0 Å². The van der Waals surface area contributed by atoms with Gasteiger partial charge in [0.15, 0.2) is 0 Å². The van der Waals surface area contributed by atoms with Gasteiger partial charge in [-0.25, -0.2) is 4.39 Å². The average Bonchev–Trinajstić information content (AvgIpc) is 2.46. The van der Waals surface area contributed by atoms with Crippen molar-refractivity contribution in [3.05, 3.63) is 65.5 Å². The molecule has 1 N–H and O–H groups in total. The van der Waals surface area contributed by atoms with E-state index in [1.807, 2.05) is 44.2 Å². The van der Waals surface area contributed by atoms with E-state index in [4.69, 9.17) is 4.74 Å². The summed E-state index contributed by atoms with van der Waals surface area (Å²) >= 11 is 0. The minimum Gasteiger partial charge on any atom is -0.488 e. The molecule has 2 rings (SSSR count). The van der Waals surface area contributed by atoms with Crippen LogP contribution in [-0.2, 0) is 12.0 Å². The summed E-state index contributed by atoms with van der Waals surface area (Å²) in [4.78, 5) is 0. The highest BCUT2D eigenvalue weighted by molar-refractivity contribution is 5.39. The molecule has 0 aromatic heterocycles. The Balaban J connectivity index is 2.24. The van der Waals surface area contributed by atoms with Gasteiger partial charge in [-0.2, -0.15) is 0 Å². The van der Waals surface area contributed by atoms with E-state index in [1.165, 1.54) is 12.1 Å². The third-order valence-corrected chi connectivity index (χ3v) is 3.31. The average molecular weight is 274 g/mol. The molecule has 0 fully saturated rings. The second-order valence-electron chi connectivity index (χ2n) is 5.46. The van der Waals surface area contributed by atoms with E-state index in [0.717, 1.165) is 11.1 Å². The Morgan fingerprint density at radius 3 is 2.45 bits per heavy atom. The largest absolute Gasteiger partial charge is 0.488 e. The highest BCUT2D eigenvalue weighted by Crippen LogP contribution is 2.32. The molecule has 0 saturated carbocycles. The predicted molar refractivity (Wildman–Crippen MR) is 77.3 cm³/mol. The summed E-state index contributed by atoms with van der Waals surface area (Å²) < 4.78 is 19.2. The van der Waals surface area contributed by atoms with Gasteiger partial charge in [0.25, 0.3) is 0 Å². The zero-order valence-electron chi connectivity index (χ0n) is 11.8. The van der Waals surface area contributed by atoms with E-state index in [9.17, 15) is 9.50 Å². The molecule has 0 atom stereocenters. The van der Waals surface area contributed by atoms with Gasteiger partial charge in [-0.3, -0.25) is 0 Å². The zero-order chi connectivity index (χ0) is 14.6. The van der Waals surface area contributed by atoms with Gasteiger partial charge in [-0.1, -0.05) is 50.2 Å². The first kappa shape index (κ1) is 14.5. The maximum Gasteiger partial charge on any atom is 0.126 e. The van der Waals surface area contributed by atoms with Crippen LogP contribution in [0.25, 0.3) is 0 Å². The van der Waals surface area contributed by atoms with E-state index < -0.39 is 5.41 Å². The van der Waals surface area contributed by atoms with E-state index in [2.05, 4.69) is 0 Å². The molecule has 106 valence electrons. The maximum atomic E-state index is 13.4. The number of aliphatic hydroxyl groups excluding tert-OH is 1. The van der Waals surface area contributed by atoms with Crippen molar-refractivity contribution in [1.29, 1.82) is 0 Å². The smallest absolute Gasteiger partial charge is 0.126 e. The first-order chi connectivity index (χ1) is 9.53. The highest BCUT2D eigenvalue weighted by atomic mass is 19.1. The van der Waals surface area contributed by atoms with Gasteiger partial charge < -0.3 is 9.84 Å². The highest BCUT2D eigenvalue weighted by Gasteiger charge is 2.24.